The lowest BCUT2D eigenvalue weighted by molar-refractivity contribution is 0.0903. The van der Waals surface area contributed by atoms with Crippen LogP contribution in [-0.4, -0.2) is 29.3 Å². The summed E-state index contributed by atoms with van der Waals surface area (Å²) in [4.78, 5) is 26.3. The number of benzene rings is 3. The smallest absolute Gasteiger partial charge is 0.336 e. The minimum Gasteiger partial charge on any atom is -0.497 e. The van der Waals surface area contributed by atoms with Crippen molar-refractivity contribution in [3.8, 4) is 11.5 Å². The van der Waals surface area contributed by atoms with E-state index in [0.717, 1.165) is 28.1 Å². The Labute approximate surface area is 180 Å². The number of rotatable bonds is 7. The van der Waals surface area contributed by atoms with Crippen molar-refractivity contribution in [1.82, 2.24) is 9.13 Å². The molecule has 0 atom stereocenters. The molecule has 0 saturated carbocycles. The van der Waals surface area contributed by atoms with Gasteiger partial charge in [-0.15, -0.1) is 0 Å². The molecular weight excluding hydrogens is 392 g/mol. The first-order valence-corrected chi connectivity index (χ1v) is 10.1. The van der Waals surface area contributed by atoms with Gasteiger partial charge in [-0.25, -0.2) is 9.36 Å². The van der Waals surface area contributed by atoms with E-state index in [4.69, 9.17) is 9.47 Å². The molecule has 4 aromatic rings. The van der Waals surface area contributed by atoms with Crippen LogP contribution in [0.2, 0.25) is 0 Å². The number of carbonyl (C=O) groups excluding carboxylic acids is 1. The topological polar surface area (TPSA) is 62.5 Å². The maximum Gasteiger partial charge on any atom is 0.336 e. The highest BCUT2D eigenvalue weighted by Crippen LogP contribution is 2.18. The summed E-state index contributed by atoms with van der Waals surface area (Å²) in [7, 11) is 3.23. The highest BCUT2D eigenvalue weighted by molar-refractivity contribution is 5.90. The molecule has 0 radical (unpaired) electrons. The van der Waals surface area contributed by atoms with E-state index in [0.29, 0.717) is 18.5 Å². The lowest BCUT2D eigenvalue weighted by atomic mass is 10.1. The number of ether oxygens (including phenoxy) is 2. The minimum absolute atomic E-state index is 0.225. The quantitative estimate of drug-likeness (QED) is 0.454. The van der Waals surface area contributed by atoms with Crippen molar-refractivity contribution in [3.05, 3.63) is 94.4 Å². The summed E-state index contributed by atoms with van der Waals surface area (Å²) in [5.74, 6) is 1.28. The Hall–Kier alpha value is -3.80. The van der Waals surface area contributed by atoms with Crippen LogP contribution in [0.1, 0.15) is 22.3 Å². The summed E-state index contributed by atoms with van der Waals surface area (Å²) in [6, 6.07) is 22.6. The number of carbonyl (C=O) groups is 1. The number of aromatic nitrogens is 2. The summed E-state index contributed by atoms with van der Waals surface area (Å²) >= 11 is 0. The Bertz CT molecular complexity index is 1270. The SMILES string of the molecule is COc1ccc(Cn2c(=O)n(C(=O)CCc3cccc(OC)c3)c3ccccc32)cc1. The third-order valence-corrected chi connectivity index (χ3v) is 5.35. The largest absolute Gasteiger partial charge is 0.497 e. The molecule has 6 nitrogen and oxygen atoms in total. The summed E-state index contributed by atoms with van der Waals surface area (Å²) in [6.45, 7) is 0.375. The standard InChI is InChI=1S/C25H24N2O4/c1-30-20-13-10-19(11-14-20)17-26-22-8-3-4-9-23(22)27(25(26)29)24(28)15-12-18-6-5-7-21(16-18)31-2/h3-11,13-14,16H,12,15,17H2,1-2H3. The number of hydrogen-bond donors (Lipinski definition) is 0. The van der Waals surface area contributed by atoms with E-state index in [2.05, 4.69) is 0 Å². The third-order valence-electron chi connectivity index (χ3n) is 5.35. The van der Waals surface area contributed by atoms with E-state index in [1.54, 1.807) is 18.8 Å². The van der Waals surface area contributed by atoms with Crippen LogP contribution in [0.3, 0.4) is 0 Å². The van der Waals surface area contributed by atoms with Gasteiger partial charge in [0.05, 0.1) is 31.8 Å². The summed E-state index contributed by atoms with van der Waals surface area (Å²) < 4.78 is 13.4. The average Bonchev–Trinajstić information content (AvgIpc) is 3.09. The highest BCUT2D eigenvalue weighted by atomic mass is 16.5. The van der Waals surface area contributed by atoms with Crippen molar-refractivity contribution in [2.45, 2.75) is 19.4 Å². The van der Waals surface area contributed by atoms with Crippen molar-refractivity contribution in [1.29, 1.82) is 0 Å². The molecule has 0 aliphatic carbocycles. The second-order valence-electron chi connectivity index (χ2n) is 7.29. The van der Waals surface area contributed by atoms with Crippen molar-refractivity contribution < 1.29 is 14.3 Å². The first-order chi connectivity index (χ1) is 15.1. The van der Waals surface area contributed by atoms with Crippen LogP contribution < -0.4 is 15.2 Å². The number of methoxy groups -OCH3 is 2. The Morgan fingerprint density at radius 3 is 2.23 bits per heavy atom. The monoisotopic (exact) mass is 416 g/mol. The van der Waals surface area contributed by atoms with E-state index in [1.807, 2.05) is 72.8 Å². The van der Waals surface area contributed by atoms with Gasteiger partial charge in [0, 0.05) is 6.42 Å². The number of imidazole rings is 1. The molecule has 1 heterocycles. The molecule has 0 N–H and O–H groups in total. The molecule has 0 bridgehead atoms. The van der Waals surface area contributed by atoms with Gasteiger partial charge < -0.3 is 9.47 Å². The number of aryl methyl sites for hydroxylation is 1. The molecule has 0 aliphatic heterocycles. The second kappa shape index (κ2) is 8.92. The van der Waals surface area contributed by atoms with Crippen LogP contribution in [0.5, 0.6) is 11.5 Å². The predicted octanol–water partition coefficient (Wildman–Crippen LogP) is 4.14. The zero-order chi connectivity index (χ0) is 21.8. The van der Waals surface area contributed by atoms with E-state index >= 15 is 0 Å². The lowest BCUT2D eigenvalue weighted by Gasteiger charge is -2.05. The fourth-order valence-electron chi connectivity index (χ4n) is 3.71. The van der Waals surface area contributed by atoms with Gasteiger partial charge in [-0.2, -0.15) is 0 Å². The van der Waals surface area contributed by atoms with Crippen LogP contribution >= 0.6 is 0 Å². The average molecular weight is 416 g/mol. The first kappa shape index (κ1) is 20.5. The molecule has 6 heteroatoms. The molecule has 0 spiro atoms. The number of fused-ring (bicyclic) bond motifs is 1. The summed E-state index contributed by atoms with van der Waals surface area (Å²) in [5.41, 5.74) is 2.97. The van der Waals surface area contributed by atoms with Gasteiger partial charge in [-0.05, 0) is 53.9 Å². The molecule has 158 valence electrons. The van der Waals surface area contributed by atoms with E-state index in [-0.39, 0.29) is 18.0 Å². The molecule has 3 aromatic carbocycles. The highest BCUT2D eigenvalue weighted by Gasteiger charge is 2.18. The minimum atomic E-state index is -0.326. The first-order valence-electron chi connectivity index (χ1n) is 10.1. The zero-order valence-corrected chi connectivity index (χ0v) is 17.6. The Kier molecular flexibility index (Phi) is 5.89. The van der Waals surface area contributed by atoms with Crippen LogP contribution in [-0.2, 0) is 13.0 Å². The van der Waals surface area contributed by atoms with Crippen LogP contribution in [0.4, 0.5) is 0 Å². The normalized spacial score (nSPS) is 10.9. The van der Waals surface area contributed by atoms with Crippen molar-refractivity contribution in [2.75, 3.05) is 14.2 Å². The molecule has 31 heavy (non-hydrogen) atoms. The molecule has 0 amide bonds. The maximum atomic E-state index is 13.2. The Morgan fingerprint density at radius 2 is 1.52 bits per heavy atom. The third kappa shape index (κ3) is 4.23. The summed E-state index contributed by atoms with van der Waals surface area (Å²) in [5, 5.41) is 0. The molecule has 0 unspecified atom stereocenters. The molecule has 0 aliphatic rings. The lowest BCUT2D eigenvalue weighted by Crippen LogP contribution is -2.29. The van der Waals surface area contributed by atoms with Gasteiger partial charge in [0.15, 0.2) is 0 Å². The van der Waals surface area contributed by atoms with Crippen LogP contribution in [0.25, 0.3) is 11.0 Å². The second-order valence-corrected chi connectivity index (χ2v) is 7.29. The Balaban J connectivity index is 1.63. The fraction of sp³-hybridized carbons (Fsp3) is 0.200. The fourth-order valence-corrected chi connectivity index (χ4v) is 3.71. The summed E-state index contributed by atoms with van der Waals surface area (Å²) in [6.07, 6.45) is 0.754. The van der Waals surface area contributed by atoms with E-state index < -0.39 is 0 Å². The number of para-hydroxylation sites is 2. The van der Waals surface area contributed by atoms with Gasteiger partial charge in [0.1, 0.15) is 11.5 Å². The van der Waals surface area contributed by atoms with Gasteiger partial charge in [0.2, 0.25) is 5.91 Å². The molecule has 1 aromatic heterocycles. The predicted molar refractivity (Wildman–Crippen MR) is 120 cm³/mol. The van der Waals surface area contributed by atoms with Gasteiger partial charge >= 0.3 is 5.69 Å². The molecular formula is C25H24N2O4. The van der Waals surface area contributed by atoms with Gasteiger partial charge in [0.25, 0.3) is 0 Å². The van der Waals surface area contributed by atoms with Crippen molar-refractivity contribution in [3.63, 3.8) is 0 Å². The van der Waals surface area contributed by atoms with Gasteiger partial charge in [-0.1, -0.05) is 36.4 Å². The van der Waals surface area contributed by atoms with E-state index in [9.17, 15) is 9.59 Å². The van der Waals surface area contributed by atoms with Crippen LogP contribution in [0.15, 0.2) is 77.6 Å². The van der Waals surface area contributed by atoms with Crippen molar-refractivity contribution in [2.24, 2.45) is 0 Å². The molecule has 0 saturated heterocycles. The molecule has 0 fully saturated rings. The van der Waals surface area contributed by atoms with E-state index in [1.165, 1.54) is 4.57 Å². The molecule has 4 rings (SSSR count). The number of nitrogens with zero attached hydrogens (tertiary/aromatic N) is 2. The van der Waals surface area contributed by atoms with Crippen molar-refractivity contribution >= 4 is 16.9 Å². The number of hydrogen-bond acceptors (Lipinski definition) is 4. The Morgan fingerprint density at radius 1 is 0.806 bits per heavy atom. The zero-order valence-electron chi connectivity index (χ0n) is 17.6. The van der Waals surface area contributed by atoms with Crippen LogP contribution in [0, 0.1) is 0 Å². The maximum absolute atomic E-state index is 13.2. The van der Waals surface area contributed by atoms with Gasteiger partial charge in [-0.3, -0.25) is 9.36 Å².